The quantitative estimate of drug-likeness (QED) is 0.469. The number of benzene rings is 2. The Balaban J connectivity index is 2.04. The van der Waals surface area contributed by atoms with Crippen LogP contribution in [0.3, 0.4) is 0 Å². The van der Waals surface area contributed by atoms with Gasteiger partial charge in [-0.3, -0.25) is 11.3 Å². The SMILES string of the molecule is NNC(Cc1ccc(I)cc1)Cc1ccc(F)c(F)c1. The van der Waals surface area contributed by atoms with Crippen LogP contribution in [-0.4, -0.2) is 6.04 Å². The van der Waals surface area contributed by atoms with Crippen LogP contribution in [0.25, 0.3) is 0 Å². The third kappa shape index (κ3) is 4.22. The van der Waals surface area contributed by atoms with Crippen LogP contribution in [0.15, 0.2) is 42.5 Å². The molecular formula is C15H15F2IN2. The second-order valence-corrected chi connectivity index (χ2v) is 5.89. The maximum absolute atomic E-state index is 13.2. The van der Waals surface area contributed by atoms with Crippen molar-refractivity contribution in [1.29, 1.82) is 0 Å². The van der Waals surface area contributed by atoms with Crippen LogP contribution in [0, 0.1) is 15.2 Å². The van der Waals surface area contributed by atoms with Crippen molar-refractivity contribution in [1.82, 2.24) is 5.43 Å². The third-order valence-electron chi connectivity index (χ3n) is 3.10. The summed E-state index contributed by atoms with van der Waals surface area (Å²) in [5, 5.41) is 0. The van der Waals surface area contributed by atoms with Gasteiger partial charge in [0.25, 0.3) is 0 Å². The summed E-state index contributed by atoms with van der Waals surface area (Å²) in [5.74, 6) is 3.89. The molecule has 2 nitrogen and oxygen atoms in total. The molecule has 2 aromatic rings. The molecule has 2 rings (SSSR count). The maximum Gasteiger partial charge on any atom is 0.159 e. The van der Waals surface area contributed by atoms with Crippen LogP contribution < -0.4 is 11.3 Å². The number of hydrazine groups is 1. The Labute approximate surface area is 130 Å². The van der Waals surface area contributed by atoms with Crippen LogP contribution in [0.4, 0.5) is 8.78 Å². The number of hydrogen-bond donors (Lipinski definition) is 2. The Morgan fingerprint density at radius 3 is 2.15 bits per heavy atom. The highest BCUT2D eigenvalue weighted by atomic mass is 127. The fourth-order valence-electron chi connectivity index (χ4n) is 2.05. The lowest BCUT2D eigenvalue weighted by Gasteiger charge is -2.16. The molecule has 0 amide bonds. The Bertz CT molecular complexity index is 573. The molecule has 3 N–H and O–H groups in total. The summed E-state index contributed by atoms with van der Waals surface area (Å²) >= 11 is 2.25. The lowest BCUT2D eigenvalue weighted by atomic mass is 9.99. The van der Waals surface area contributed by atoms with Gasteiger partial charge in [-0.2, -0.15) is 0 Å². The summed E-state index contributed by atoms with van der Waals surface area (Å²) in [7, 11) is 0. The molecule has 5 heteroatoms. The van der Waals surface area contributed by atoms with Crippen LogP contribution in [0.1, 0.15) is 11.1 Å². The molecule has 0 aliphatic heterocycles. The molecule has 0 heterocycles. The summed E-state index contributed by atoms with van der Waals surface area (Å²) in [5.41, 5.74) is 4.60. The first kappa shape index (κ1) is 15.3. The minimum absolute atomic E-state index is 0.0278. The monoisotopic (exact) mass is 388 g/mol. The fraction of sp³-hybridized carbons (Fsp3) is 0.200. The first-order valence-corrected chi connectivity index (χ1v) is 7.31. The first-order chi connectivity index (χ1) is 9.58. The van der Waals surface area contributed by atoms with E-state index in [1.165, 1.54) is 9.64 Å². The van der Waals surface area contributed by atoms with Gasteiger partial charge in [-0.15, -0.1) is 0 Å². The third-order valence-corrected chi connectivity index (χ3v) is 3.82. The van der Waals surface area contributed by atoms with E-state index >= 15 is 0 Å². The van der Waals surface area contributed by atoms with Crippen molar-refractivity contribution in [2.75, 3.05) is 0 Å². The average molecular weight is 388 g/mol. The van der Waals surface area contributed by atoms with E-state index in [0.717, 1.165) is 23.6 Å². The zero-order valence-electron chi connectivity index (χ0n) is 10.7. The minimum atomic E-state index is -0.830. The van der Waals surface area contributed by atoms with E-state index in [2.05, 4.69) is 28.0 Å². The molecule has 1 atom stereocenters. The van der Waals surface area contributed by atoms with Gasteiger partial charge in [0.1, 0.15) is 0 Å². The van der Waals surface area contributed by atoms with Gasteiger partial charge >= 0.3 is 0 Å². The van der Waals surface area contributed by atoms with E-state index in [-0.39, 0.29) is 6.04 Å². The Kier molecular flexibility index (Phi) is 5.45. The van der Waals surface area contributed by atoms with Gasteiger partial charge in [-0.05, 0) is 70.8 Å². The number of halogens is 3. The molecule has 0 aliphatic rings. The molecule has 0 spiro atoms. The lowest BCUT2D eigenvalue weighted by molar-refractivity contribution is 0.498. The van der Waals surface area contributed by atoms with Gasteiger partial charge < -0.3 is 0 Å². The van der Waals surface area contributed by atoms with E-state index in [1.807, 2.05) is 24.3 Å². The molecule has 0 bridgehead atoms. The first-order valence-electron chi connectivity index (χ1n) is 6.23. The standard InChI is InChI=1S/C15H15F2IN2/c16-14-6-3-11(9-15(14)17)8-13(20-19)7-10-1-4-12(18)5-2-10/h1-6,9,13,20H,7-8,19H2. The molecular weight excluding hydrogens is 373 g/mol. The van der Waals surface area contributed by atoms with Gasteiger partial charge in [0.05, 0.1) is 0 Å². The summed E-state index contributed by atoms with van der Waals surface area (Å²) in [4.78, 5) is 0. The van der Waals surface area contributed by atoms with Gasteiger partial charge in [-0.1, -0.05) is 18.2 Å². The number of nitrogens with two attached hydrogens (primary N) is 1. The zero-order valence-corrected chi connectivity index (χ0v) is 12.9. The molecule has 2 aromatic carbocycles. The molecule has 1 unspecified atom stereocenters. The van der Waals surface area contributed by atoms with Crippen molar-refractivity contribution in [3.8, 4) is 0 Å². The molecule has 20 heavy (non-hydrogen) atoms. The normalized spacial score (nSPS) is 12.4. The van der Waals surface area contributed by atoms with Crippen molar-refractivity contribution >= 4 is 22.6 Å². The predicted molar refractivity (Wildman–Crippen MR) is 84.0 cm³/mol. The Hall–Kier alpha value is -1.05. The van der Waals surface area contributed by atoms with Crippen molar-refractivity contribution in [3.05, 3.63) is 68.8 Å². The van der Waals surface area contributed by atoms with E-state index < -0.39 is 11.6 Å². The summed E-state index contributed by atoms with van der Waals surface area (Å²) < 4.78 is 27.2. The summed E-state index contributed by atoms with van der Waals surface area (Å²) in [6, 6.07) is 12.0. The highest BCUT2D eigenvalue weighted by Gasteiger charge is 2.11. The van der Waals surface area contributed by atoms with E-state index in [4.69, 9.17) is 5.84 Å². The topological polar surface area (TPSA) is 38.0 Å². The second kappa shape index (κ2) is 7.10. The molecule has 0 aliphatic carbocycles. The molecule has 0 fully saturated rings. The molecule has 0 radical (unpaired) electrons. The Morgan fingerprint density at radius 1 is 0.950 bits per heavy atom. The molecule has 0 saturated carbocycles. The maximum atomic E-state index is 13.2. The van der Waals surface area contributed by atoms with E-state index in [1.54, 1.807) is 6.07 Å². The van der Waals surface area contributed by atoms with E-state index in [9.17, 15) is 8.78 Å². The van der Waals surface area contributed by atoms with Crippen molar-refractivity contribution < 1.29 is 8.78 Å². The fourth-order valence-corrected chi connectivity index (χ4v) is 2.41. The predicted octanol–water partition coefficient (Wildman–Crippen LogP) is 3.19. The van der Waals surface area contributed by atoms with Crippen LogP contribution in [-0.2, 0) is 12.8 Å². The average Bonchev–Trinajstić information content (AvgIpc) is 2.44. The van der Waals surface area contributed by atoms with Gasteiger partial charge in [0.2, 0.25) is 0 Å². The van der Waals surface area contributed by atoms with Crippen LogP contribution in [0.2, 0.25) is 0 Å². The number of nitrogens with one attached hydrogen (secondary N) is 1. The van der Waals surface area contributed by atoms with Gasteiger partial charge in [0, 0.05) is 9.61 Å². The zero-order chi connectivity index (χ0) is 14.5. The molecule has 0 saturated heterocycles. The van der Waals surface area contributed by atoms with Crippen molar-refractivity contribution in [2.24, 2.45) is 5.84 Å². The van der Waals surface area contributed by atoms with Crippen LogP contribution in [0.5, 0.6) is 0 Å². The summed E-state index contributed by atoms with van der Waals surface area (Å²) in [6.07, 6.45) is 1.27. The van der Waals surface area contributed by atoms with Gasteiger partial charge in [0.15, 0.2) is 11.6 Å². The number of hydrogen-bond acceptors (Lipinski definition) is 2. The second-order valence-electron chi connectivity index (χ2n) is 4.65. The smallest absolute Gasteiger partial charge is 0.159 e. The Morgan fingerprint density at radius 2 is 1.55 bits per heavy atom. The molecule has 0 aromatic heterocycles. The number of rotatable bonds is 5. The summed E-state index contributed by atoms with van der Waals surface area (Å²) in [6.45, 7) is 0. The highest BCUT2D eigenvalue weighted by molar-refractivity contribution is 14.1. The van der Waals surface area contributed by atoms with Crippen LogP contribution >= 0.6 is 22.6 Å². The minimum Gasteiger partial charge on any atom is -0.271 e. The van der Waals surface area contributed by atoms with Crippen molar-refractivity contribution in [2.45, 2.75) is 18.9 Å². The largest absolute Gasteiger partial charge is 0.271 e. The lowest BCUT2D eigenvalue weighted by Crippen LogP contribution is -2.38. The molecule has 106 valence electrons. The van der Waals surface area contributed by atoms with E-state index in [0.29, 0.717) is 6.42 Å². The van der Waals surface area contributed by atoms with Crippen molar-refractivity contribution in [3.63, 3.8) is 0 Å². The van der Waals surface area contributed by atoms with Gasteiger partial charge in [-0.25, -0.2) is 8.78 Å². The highest BCUT2D eigenvalue weighted by Crippen LogP contribution is 2.14.